The van der Waals surface area contributed by atoms with Gasteiger partial charge in [0.25, 0.3) is 5.78 Å². The zero-order chi connectivity index (χ0) is 14.4. The molecule has 0 atom stereocenters. The molecule has 1 radical (unpaired) electrons. The first-order valence-corrected chi connectivity index (χ1v) is 5.58. The van der Waals surface area contributed by atoms with E-state index in [0.717, 1.165) is 0 Å². The largest absolute Gasteiger partial charge is 0.506 e. The van der Waals surface area contributed by atoms with Crippen LogP contribution in [0.15, 0.2) is 31.9 Å². The Labute approximate surface area is 169 Å². The predicted molar refractivity (Wildman–Crippen MR) is 69.5 cm³/mol. The van der Waals surface area contributed by atoms with Gasteiger partial charge in [0.15, 0.2) is 5.56 Å². The fraction of sp³-hybridized carbons (Fsp3) is 0.0909. The van der Waals surface area contributed by atoms with Crippen molar-refractivity contribution in [2.75, 3.05) is 0 Å². The van der Waals surface area contributed by atoms with Gasteiger partial charge in [0.1, 0.15) is 11.3 Å². The van der Waals surface area contributed by atoms with Crippen molar-refractivity contribution in [2.24, 2.45) is 0 Å². The molecule has 2 rings (SSSR count). The van der Waals surface area contributed by atoms with Crippen molar-refractivity contribution in [1.29, 1.82) is 0 Å². The van der Waals surface area contributed by atoms with Gasteiger partial charge in [-0.25, -0.2) is 4.79 Å². The third kappa shape index (κ3) is 4.59. The van der Waals surface area contributed by atoms with Crippen LogP contribution in [0.4, 0.5) is 13.2 Å². The number of alkyl halides is 3. The molecule has 5 N–H and O–H groups in total. The zero-order valence-corrected chi connectivity index (χ0v) is 14.3. The van der Waals surface area contributed by atoms with Crippen LogP contribution in [-0.4, -0.2) is 28.0 Å². The molecule has 0 aliphatic heterocycles. The quantitative estimate of drug-likeness (QED) is 0.445. The van der Waals surface area contributed by atoms with Gasteiger partial charge in [-0.15, -0.1) is 0 Å². The molecular formula is C11H8BrEuF3O6. The molecule has 1 aromatic carbocycles. The number of carbonyl (C=O) groups excluding carboxylic acids is 1. The number of fused-ring (bicyclic) bond motifs is 1. The summed E-state index contributed by atoms with van der Waals surface area (Å²) in [5.41, 5.74) is -3.07. The monoisotopic (exact) mass is 525 g/mol. The van der Waals surface area contributed by atoms with Gasteiger partial charge in [-0.1, -0.05) is 15.9 Å². The summed E-state index contributed by atoms with van der Waals surface area (Å²) >= 11 is 3.05. The van der Waals surface area contributed by atoms with Crippen LogP contribution >= 0.6 is 15.9 Å². The number of hydrogen-bond donors (Lipinski definition) is 1. The minimum atomic E-state index is -5.27. The summed E-state index contributed by atoms with van der Waals surface area (Å²) in [7, 11) is 0. The van der Waals surface area contributed by atoms with Crippen LogP contribution in [-0.2, 0) is 0 Å². The van der Waals surface area contributed by atoms with Gasteiger partial charge in [0, 0.05) is 53.8 Å². The maximum Gasteiger partial charge on any atom is 0.455 e. The number of hydrogen-bond acceptors (Lipinski definition) is 4. The van der Waals surface area contributed by atoms with Gasteiger partial charge in [0.05, 0.1) is 5.39 Å². The standard InChI is InChI=1S/C11H4BrF3O4.Eu.2H2O/c12-4-1-2-6-5(3-4)8(16)7(10(18)19-6)9(17)11(13,14)15;;;/h1-3,16H;;2*1H2. The third-order valence-corrected chi connectivity index (χ3v) is 2.82. The van der Waals surface area contributed by atoms with E-state index in [2.05, 4.69) is 20.3 Å². The molecule has 2 aromatic rings. The van der Waals surface area contributed by atoms with Gasteiger partial charge in [0.2, 0.25) is 0 Å². The molecule has 0 unspecified atom stereocenters. The van der Waals surface area contributed by atoms with Gasteiger partial charge in [-0.2, -0.15) is 13.2 Å². The average molecular weight is 525 g/mol. The van der Waals surface area contributed by atoms with Crippen LogP contribution < -0.4 is 5.63 Å². The van der Waals surface area contributed by atoms with Crippen LogP contribution in [0.5, 0.6) is 5.75 Å². The van der Waals surface area contributed by atoms with E-state index in [1.165, 1.54) is 18.2 Å². The van der Waals surface area contributed by atoms with E-state index in [4.69, 9.17) is 0 Å². The fourth-order valence-electron chi connectivity index (χ4n) is 1.50. The minimum Gasteiger partial charge on any atom is -0.506 e. The van der Waals surface area contributed by atoms with Crippen LogP contribution in [0.1, 0.15) is 10.4 Å². The zero-order valence-electron chi connectivity index (χ0n) is 10.3. The molecule has 0 bridgehead atoms. The Bertz CT molecular complexity index is 743. The van der Waals surface area contributed by atoms with E-state index in [9.17, 15) is 27.9 Å². The van der Waals surface area contributed by atoms with Gasteiger partial charge < -0.3 is 20.5 Å². The van der Waals surface area contributed by atoms with E-state index < -0.39 is 28.9 Å². The summed E-state index contributed by atoms with van der Waals surface area (Å²) in [6.07, 6.45) is -5.27. The van der Waals surface area contributed by atoms with Crippen LogP contribution in [0.2, 0.25) is 0 Å². The number of ketones is 1. The molecule has 0 saturated carbocycles. The molecule has 1 heterocycles. The second-order valence-corrected chi connectivity index (χ2v) is 4.50. The molecule has 123 valence electrons. The van der Waals surface area contributed by atoms with Crippen LogP contribution in [0.25, 0.3) is 11.0 Å². The number of carbonyl (C=O) groups is 1. The normalized spacial score (nSPS) is 10.2. The molecule has 0 spiro atoms. The van der Waals surface area contributed by atoms with E-state index >= 15 is 0 Å². The fourth-order valence-corrected chi connectivity index (χ4v) is 1.86. The van der Waals surface area contributed by atoms with Crippen molar-refractivity contribution in [3.8, 4) is 5.75 Å². The second kappa shape index (κ2) is 8.51. The van der Waals surface area contributed by atoms with Crippen molar-refractivity contribution in [2.45, 2.75) is 6.18 Å². The SMILES string of the molecule is O.O.O=C(c1c(O)c2cc(Br)ccc2oc1=O)C(F)(F)F.[Eu]. The maximum atomic E-state index is 12.3. The number of benzene rings is 1. The Morgan fingerprint density at radius 2 is 1.77 bits per heavy atom. The van der Waals surface area contributed by atoms with Crippen molar-refractivity contribution in [3.63, 3.8) is 0 Å². The summed E-state index contributed by atoms with van der Waals surface area (Å²) in [4.78, 5) is 22.4. The molecule has 0 aliphatic rings. The summed E-state index contributed by atoms with van der Waals surface area (Å²) in [5, 5.41) is 9.52. The first kappa shape index (κ1) is 23.9. The van der Waals surface area contributed by atoms with E-state index in [1.807, 2.05) is 0 Å². The van der Waals surface area contributed by atoms with E-state index in [0.29, 0.717) is 4.47 Å². The topological polar surface area (TPSA) is 131 Å². The summed E-state index contributed by atoms with van der Waals surface area (Å²) in [6.45, 7) is 0. The number of halogens is 4. The van der Waals surface area contributed by atoms with Gasteiger partial charge in [-0.05, 0) is 18.2 Å². The first-order chi connectivity index (χ1) is 8.71. The molecule has 0 amide bonds. The molecule has 11 heteroatoms. The molecule has 6 nitrogen and oxygen atoms in total. The summed E-state index contributed by atoms with van der Waals surface area (Å²) in [5.74, 6) is -3.49. The number of Topliss-reactive ketones (excluding diaryl/α,β-unsaturated/α-hetero) is 1. The maximum absolute atomic E-state index is 12.3. The van der Waals surface area contributed by atoms with E-state index in [-0.39, 0.29) is 71.3 Å². The van der Waals surface area contributed by atoms with Crippen molar-refractivity contribution >= 4 is 32.7 Å². The molecule has 22 heavy (non-hydrogen) atoms. The summed E-state index contributed by atoms with van der Waals surface area (Å²) < 4.78 is 42.0. The average Bonchev–Trinajstić information content (AvgIpc) is 2.29. The Balaban J connectivity index is 0. The second-order valence-electron chi connectivity index (χ2n) is 3.58. The first-order valence-electron chi connectivity index (χ1n) is 4.78. The van der Waals surface area contributed by atoms with Crippen molar-refractivity contribution in [1.82, 2.24) is 0 Å². The van der Waals surface area contributed by atoms with Crippen LogP contribution in [0.3, 0.4) is 0 Å². The Morgan fingerprint density at radius 1 is 1.23 bits per heavy atom. The van der Waals surface area contributed by atoms with Gasteiger partial charge >= 0.3 is 11.8 Å². The van der Waals surface area contributed by atoms with Gasteiger partial charge in [-0.3, -0.25) is 4.79 Å². The minimum absolute atomic E-state index is 0. The summed E-state index contributed by atoms with van der Waals surface area (Å²) in [6, 6.07) is 3.99. The number of aromatic hydroxyl groups is 1. The molecule has 1 aromatic heterocycles. The Morgan fingerprint density at radius 3 is 2.27 bits per heavy atom. The van der Waals surface area contributed by atoms with Crippen LogP contribution in [0, 0.1) is 49.4 Å². The van der Waals surface area contributed by atoms with Crippen molar-refractivity contribution < 1.29 is 87.8 Å². The van der Waals surface area contributed by atoms with Crippen molar-refractivity contribution in [3.05, 3.63) is 38.7 Å². The Hall–Kier alpha value is -0.326. The molecular weight excluding hydrogens is 517 g/mol. The Kier molecular flexibility index (Phi) is 9.25. The predicted octanol–water partition coefficient (Wildman–Crippen LogP) is 1.36. The van der Waals surface area contributed by atoms with E-state index in [1.54, 1.807) is 0 Å². The number of rotatable bonds is 1. The molecule has 0 fully saturated rings. The molecule has 0 aliphatic carbocycles. The smallest absolute Gasteiger partial charge is 0.455 e. The third-order valence-electron chi connectivity index (χ3n) is 2.32. The molecule has 0 saturated heterocycles.